The molecule has 0 bridgehead atoms. The summed E-state index contributed by atoms with van der Waals surface area (Å²) in [4.78, 5) is 15.6. The molecule has 1 aromatic heterocycles. The van der Waals surface area contributed by atoms with Gasteiger partial charge in [-0.25, -0.2) is 9.78 Å². The topological polar surface area (TPSA) is 55.1 Å². The van der Waals surface area contributed by atoms with Crippen LogP contribution in [0.15, 0.2) is 18.2 Å². The lowest BCUT2D eigenvalue weighted by molar-refractivity contribution is 0.0697. The van der Waals surface area contributed by atoms with Crippen LogP contribution in [0.25, 0.3) is 11.0 Å². The van der Waals surface area contributed by atoms with Gasteiger partial charge in [0.25, 0.3) is 0 Å². The lowest BCUT2D eigenvalue weighted by atomic mass is 9.75. The van der Waals surface area contributed by atoms with Crippen LogP contribution in [0.3, 0.4) is 0 Å². The van der Waals surface area contributed by atoms with Crippen molar-refractivity contribution in [3.05, 3.63) is 29.6 Å². The molecule has 1 aliphatic rings. The number of hydrogen-bond donors (Lipinski definition) is 1. The van der Waals surface area contributed by atoms with E-state index in [-0.39, 0.29) is 0 Å². The van der Waals surface area contributed by atoms with Gasteiger partial charge in [-0.05, 0) is 56.2 Å². The van der Waals surface area contributed by atoms with E-state index < -0.39 is 5.97 Å². The minimum absolute atomic E-state index is 0.303. The minimum atomic E-state index is -0.900. The molecule has 0 spiro atoms. The van der Waals surface area contributed by atoms with Crippen LogP contribution in [0.2, 0.25) is 0 Å². The van der Waals surface area contributed by atoms with Gasteiger partial charge in [0.05, 0.1) is 16.6 Å². The molecule has 1 fully saturated rings. The Morgan fingerprint density at radius 2 is 2.00 bits per heavy atom. The Labute approximate surface area is 124 Å². The minimum Gasteiger partial charge on any atom is -0.478 e. The van der Waals surface area contributed by atoms with E-state index in [9.17, 15) is 4.79 Å². The summed E-state index contributed by atoms with van der Waals surface area (Å²) in [5.74, 6) is 0.0840. The van der Waals surface area contributed by atoms with Gasteiger partial charge >= 0.3 is 5.97 Å². The molecule has 3 rings (SSSR count). The summed E-state index contributed by atoms with van der Waals surface area (Å²) in [6, 6.07) is 5.74. The fourth-order valence-electron chi connectivity index (χ4n) is 3.46. The number of aromatic carboxylic acids is 1. The van der Waals surface area contributed by atoms with Crippen LogP contribution in [-0.2, 0) is 0 Å². The van der Waals surface area contributed by atoms with E-state index in [0.29, 0.717) is 17.0 Å². The van der Waals surface area contributed by atoms with Crippen LogP contribution in [0, 0.1) is 12.3 Å². The third-order valence-corrected chi connectivity index (χ3v) is 4.79. The Hall–Kier alpha value is -1.84. The van der Waals surface area contributed by atoms with Crippen molar-refractivity contribution < 1.29 is 9.90 Å². The van der Waals surface area contributed by atoms with Gasteiger partial charge in [-0.3, -0.25) is 0 Å². The number of aromatic nitrogens is 2. The van der Waals surface area contributed by atoms with Crippen molar-refractivity contribution in [3.63, 3.8) is 0 Å². The lowest BCUT2D eigenvalue weighted by Crippen LogP contribution is -2.24. The molecule has 21 heavy (non-hydrogen) atoms. The van der Waals surface area contributed by atoms with Gasteiger partial charge in [0.15, 0.2) is 0 Å². The van der Waals surface area contributed by atoms with Gasteiger partial charge in [-0.15, -0.1) is 0 Å². The van der Waals surface area contributed by atoms with Crippen molar-refractivity contribution in [1.29, 1.82) is 0 Å². The van der Waals surface area contributed by atoms with Gasteiger partial charge in [0.1, 0.15) is 5.82 Å². The Kier molecular flexibility index (Phi) is 3.27. The Morgan fingerprint density at radius 1 is 1.33 bits per heavy atom. The molecule has 4 nitrogen and oxygen atoms in total. The molecule has 1 N–H and O–H groups in total. The number of carbonyl (C=O) groups is 1. The molecule has 4 heteroatoms. The number of rotatable bonds is 2. The largest absolute Gasteiger partial charge is 0.478 e. The molecule has 1 aliphatic carbocycles. The number of aryl methyl sites for hydroxylation is 1. The first-order valence-electron chi connectivity index (χ1n) is 7.59. The molecule has 0 aliphatic heterocycles. The van der Waals surface area contributed by atoms with Gasteiger partial charge in [-0.1, -0.05) is 13.8 Å². The van der Waals surface area contributed by atoms with Crippen LogP contribution in [-0.4, -0.2) is 20.6 Å². The fourth-order valence-corrected chi connectivity index (χ4v) is 3.46. The van der Waals surface area contributed by atoms with Gasteiger partial charge in [-0.2, -0.15) is 0 Å². The molecule has 2 aromatic rings. The van der Waals surface area contributed by atoms with Crippen LogP contribution in [0.5, 0.6) is 0 Å². The third-order valence-electron chi connectivity index (χ3n) is 4.79. The van der Waals surface area contributed by atoms with Crippen molar-refractivity contribution >= 4 is 17.0 Å². The molecule has 112 valence electrons. The molecule has 1 saturated carbocycles. The average molecular weight is 286 g/mol. The van der Waals surface area contributed by atoms with E-state index in [4.69, 9.17) is 5.11 Å². The number of nitrogens with zero attached hydrogens (tertiary/aromatic N) is 2. The number of hydrogen-bond acceptors (Lipinski definition) is 2. The first-order chi connectivity index (χ1) is 9.87. The van der Waals surface area contributed by atoms with E-state index in [1.165, 1.54) is 25.7 Å². The van der Waals surface area contributed by atoms with Gasteiger partial charge in [0, 0.05) is 6.04 Å². The Balaban J connectivity index is 1.99. The molecule has 1 aromatic carbocycles. The summed E-state index contributed by atoms with van der Waals surface area (Å²) in [5.41, 5.74) is 2.59. The molecule has 0 saturated heterocycles. The van der Waals surface area contributed by atoms with E-state index in [1.54, 1.807) is 12.1 Å². The number of fused-ring (bicyclic) bond motifs is 1. The quantitative estimate of drug-likeness (QED) is 0.900. The van der Waals surface area contributed by atoms with Crippen LogP contribution in [0.1, 0.15) is 61.8 Å². The van der Waals surface area contributed by atoms with E-state index in [1.807, 2.05) is 13.0 Å². The predicted octanol–water partition coefficient (Wildman–Crippen LogP) is 4.18. The predicted molar refractivity (Wildman–Crippen MR) is 82.7 cm³/mol. The van der Waals surface area contributed by atoms with E-state index >= 15 is 0 Å². The van der Waals surface area contributed by atoms with Crippen molar-refractivity contribution in [2.24, 2.45) is 5.41 Å². The smallest absolute Gasteiger partial charge is 0.335 e. The number of carboxylic acids is 1. The first kappa shape index (κ1) is 14.1. The SMILES string of the molecule is Cc1nc2cc(C(=O)O)ccc2n1C1CCC(C)(C)CC1. The molecule has 0 radical (unpaired) electrons. The summed E-state index contributed by atoms with van der Waals surface area (Å²) in [7, 11) is 0. The monoisotopic (exact) mass is 286 g/mol. The number of benzene rings is 1. The van der Waals surface area contributed by atoms with E-state index in [2.05, 4.69) is 23.4 Å². The van der Waals surface area contributed by atoms with Crippen molar-refractivity contribution in [1.82, 2.24) is 9.55 Å². The van der Waals surface area contributed by atoms with Crippen LogP contribution < -0.4 is 0 Å². The van der Waals surface area contributed by atoms with Crippen LogP contribution in [0.4, 0.5) is 0 Å². The van der Waals surface area contributed by atoms with Crippen LogP contribution >= 0.6 is 0 Å². The summed E-state index contributed by atoms with van der Waals surface area (Å²) in [5, 5.41) is 9.09. The summed E-state index contributed by atoms with van der Waals surface area (Å²) < 4.78 is 2.30. The third kappa shape index (κ3) is 2.55. The maximum Gasteiger partial charge on any atom is 0.335 e. The standard InChI is InChI=1S/C17H22N2O2/c1-11-18-14-10-12(16(20)21)4-5-15(14)19(11)13-6-8-17(2,3)9-7-13/h4-5,10,13H,6-9H2,1-3H3,(H,20,21). The average Bonchev–Trinajstić information content (AvgIpc) is 2.74. The lowest BCUT2D eigenvalue weighted by Gasteiger charge is -2.35. The summed E-state index contributed by atoms with van der Waals surface area (Å²) >= 11 is 0. The Bertz CT molecular complexity index is 690. The highest BCUT2D eigenvalue weighted by Crippen LogP contribution is 2.41. The van der Waals surface area contributed by atoms with Crippen molar-refractivity contribution in [2.45, 2.75) is 52.5 Å². The van der Waals surface area contributed by atoms with Gasteiger partial charge in [0.2, 0.25) is 0 Å². The van der Waals surface area contributed by atoms with Gasteiger partial charge < -0.3 is 9.67 Å². The molecular weight excluding hydrogens is 264 g/mol. The second-order valence-electron chi connectivity index (χ2n) is 6.93. The first-order valence-corrected chi connectivity index (χ1v) is 7.59. The molecule has 0 amide bonds. The molecule has 1 heterocycles. The zero-order chi connectivity index (χ0) is 15.2. The highest BCUT2D eigenvalue weighted by molar-refractivity contribution is 5.92. The van der Waals surface area contributed by atoms with E-state index in [0.717, 1.165) is 16.9 Å². The highest BCUT2D eigenvalue weighted by Gasteiger charge is 2.29. The number of carboxylic acid groups (broad SMARTS) is 1. The maximum atomic E-state index is 11.1. The maximum absolute atomic E-state index is 11.1. The molecular formula is C17H22N2O2. The van der Waals surface area contributed by atoms with Crippen molar-refractivity contribution in [2.75, 3.05) is 0 Å². The fraction of sp³-hybridized carbons (Fsp3) is 0.529. The molecule has 0 unspecified atom stereocenters. The summed E-state index contributed by atoms with van der Waals surface area (Å²) in [6.45, 7) is 6.68. The second-order valence-corrected chi connectivity index (χ2v) is 6.93. The second kappa shape index (κ2) is 4.86. The summed E-state index contributed by atoms with van der Waals surface area (Å²) in [6.07, 6.45) is 4.79. The normalized spacial score (nSPS) is 19.0. The molecule has 0 atom stereocenters. The highest BCUT2D eigenvalue weighted by atomic mass is 16.4. The zero-order valence-corrected chi connectivity index (χ0v) is 12.9. The number of imidazole rings is 1. The Morgan fingerprint density at radius 3 is 2.62 bits per heavy atom. The zero-order valence-electron chi connectivity index (χ0n) is 12.9. The van der Waals surface area contributed by atoms with Crippen molar-refractivity contribution in [3.8, 4) is 0 Å².